The molecule has 0 radical (unpaired) electrons. The number of carbonyl (C=O) groups is 1. The summed E-state index contributed by atoms with van der Waals surface area (Å²) in [7, 11) is 2.12. The molecule has 1 saturated heterocycles. The Balaban J connectivity index is 1.28. The van der Waals surface area contributed by atoms with Crippen molar-refractivity contribution in [2.24, 2.45) is 0 Å². The first-order valence-corrected chi connectivity index (χ1v) is 11.7. The summed E-state index contributed by atoms with van der Waals surface area (Å²) in [6.45, 7) is 8.05. The van der Waals surface area contributed by atoms with Crippen LogP contribution in [0, 0.1) is 5.82 Å². The molecule has 0 aliphatic carbocycles. The molecular weight excluding hydrogens is 471 g/mol. The van der Waals surface area contributed by atoms with Gasteiger partial charge < -0.3 is 25.2 Å². The van der Waals surface area contributed by atoms with Gasteiger partial charge in [0.1, 0.15) is 23.7 Å². The zero-order chi connectivity index (χ0) is 24.8. The van der Waals surface area contributed by atoms with Gasteiger partial charge in [0.15, 0.2) is 6.61 Å². The van der Waals surface area contributed by atoms with E-state index >= 15 is 0 Å². The van der Waals surface area contributed by atoms with Gasteiger partial charge >= 0.3 is 0 Å². The third kappa shape index (κ3) is 6.58. The van der Waals surface area contributed by atoms with Gasteiger partial charge in [0, 0.05) is 62.0 Å². The first-order chi connectivity index (χ1) is 16.9. The van der Waals surface area contributed by atoms with E-state index < -0.39 is 5.82 Å². The molecule has 35 heavy (non-hydrogen) atoms. The number of halogens is 2. The maximum Gasteiger partial charge on any atom is 0.257 e. The van der Waals surface area contributed by atoms with Crippen LogP contribution in [-0.2, 0) is 4.79 Å². The second-order valence-corrected chi connectivity index (χ2v) is 8.82. The predicted octanol–water partition coefficient (Wildman–Crippen LogP) is 3.69. The van der Waals surface area contributed by atoms with E-state index in [2.05, 4.69) is 44.0 Å². The van der Waals surface area contributed by atoms with E-state index in [9.17, 15) is 9.18 Å². The number of anilines is 2. The summed E-state index contributed by atoms with van der Waals surface area (Å²) in [6, 6.07) is 9.98. The number of nitrogens with zero attached hydrogens (tertiary/aromatic N) is 4. The lowest BCUT2D eigenvalue weighted by Gasteiger charge is -2.33. The number of likely N-dealkylation sites (N-methyl/N-ethyl adjacent to an activating group) is 1. The molecule has 1 aromatic heterocycles. The highest BCUT2D eigenvalue weighted by molar-refractivity contribution is 6.30. The number of hydrogen-bond donors (Lipinski definition) is 2. The Morgan fingerprint density at radius 3 is 2.74 bits per heavy atom. The highest BCUT2D eigenvalue weighted by atomic mass is 35.5. The molecule has 2 heterocycles. The van der Waals surface area contributed by atoms with Crippen molar-refractivity contribution < 1.29 is 13.9 Å². The van der Waals surface area contributed by atoms with Crippen LogP contribution in [0.1, 0.15) is 6.42 Å². The van der Waals surface area contributed by atoms with Crippen molar-refractivity contribution in [2.75, 3.05) is 56.6 Å². The Labute approximate surface area is 208 Å². The fourth-order valence-electron chi connectivity index (χ4n) is 3.78. The molecule has 2 N–H and O–H groups in total. The molecule has 8 nitrogen and oxygen atoms in total. The number of aromatic nitrogens is 2. The number of rotatable bonds is 9. The number of nitrogens with one attached hydrogen (secondary N) is 2. The van der Waals surface area contributed by atoms with Crippen molar-refractivity contribution in [3.63, 3.8) is 0 Å². The van der Waals surface area contributed by atoms with Crippen LogP contribution in [0.4, 0.5) is 15.9 Å². The van der Waals surface area contributed by atoms with Crippen LogP contribution in [0.3, 0.4) is 0 Å². The monoisotopic (exact) mass is 498 g/mol. The minimum absolute atomic E-state index is 0.00214. The summed E-state index contributed by atoms with van der Waals surface area (Å²) in [6.07, 6.45) is 2.13. The molecule has 10 heteroatoms. The standard InChI is InChI=1S/C25H28ClFN6O2/c1-17(7-8-28-24(34)15-35-19-4-5-21(26)22(27)14-19)31-18-3-6-23-20(13-18)25(30-16-29-23)33-11-9-32(2)10-12-33/h3-6,13-14,16,31H,1,7-12,15H2,2H3,(H,28,34). The molecule has 184 valence electrons. The van der Waals surface area contributed by atoms with Crippen LogP contribution >= 0.6 is 11.6 Å². The van der Waals surface area contributed by atoms with E-state index in [0.29, 0.717) is 13.0 Å². The quantitative estimate of drug-likeness (QED) is 0.465. The van der Waals surface area contributed by atoms with Gasteiger partial charge in [0.25, 0.3) is 5.91 Å². The van der Waals surface area contributed by atoms with Crippen molar-refractivity contribution >= 4 is 39.9 Å². The Hall–Kier alpha value is -3.43. The summed E-state index contributed by atoms with van der Waals surface area (Å²) in [5.74, 6) is 0.269. The number of fused-ring (bicyclic) bond motifs is 1. The number of piperazine rings is 1. The van der Waals surface area contributed by atoms with Gasteiger partial charge in [-0.2, -0.15) is 0 Å². The lowest BCUT2D eigenvalue weighted by molar-refractivity contribution is -0.123. The van der Waals surface area contributed by atoms with Gasteiger partial charge in [-0.3, -0.25) is 4.79 Å². The summed E-state index contributed by atoms with van der Waals surface area (Å²) >= 11 is 5.64. The first-order valence-electron chi connectivity index (χ1n) is 11.4. The van der Waals surface area contributed by atoms with Gasteiger partial charge in [-0.25, -0.2) is 14.4 Å². The van der Waals surface area contributed by atoms with Gasteiger partial charge in [0.05, 0.1) is 10.5 Å². The molecule has 0 unspecified atom stereocenters. The van der Waals surface area contributed by atoms with Crippen molar-refractivity contribution in [1.82, 2.24) is 20.2 Å². The second kappa shape index (κ2) is 11.3. The smallest absolute Gasteiger partial charge is 0.257 e. The third-order valence-corrected chi connectivity index (χ3v) is 6.05. The lowest BCUT2D eigenvalue weighted by Crippen LogP contribution is -2.44. The molecule has 0 bridgehead atoms. The molecule has 1 fully saturated rings. The topological polar surface area (TPSA) is 82.6 Å². The van der Waals surface area contributed by atoms with E-state index in [-0.39, 0.29) is 23.3 Å². The number of carbonyl (C=O) groups excluding carboxylic acids is 1. The van der Waals surface area contributed by atoms with Crippen molar-refractivity contribution in [3.05, 3.63) is 65.8 Å². The van der Waals surface area contributed by atoms with Crippen LogP contribution in [-0.4, -0.2) is 67.2 Å². The van der Waals surface area contributed by atoms with E-state index in [1.54, 1.807) is 6.33 Å². The summed E-state index contributed by atoms with van der Waals surface area (Å²) < 4.78 is 18.7. The van der Waals surface area contributed by atoms with Crippen molar-refractivity contribution in [1.29, 1.82) is 0 Å². The molecule has 0 atom stereocenters. The largest absolute Gasteiger partial charge is 0.484 e. The average Bonchev–Trinajstić information content (AvgIpc) is 2.85. The zero-order valence-corrected chi connectivity index (χ0v) is 20.3. The van der Waals surface area contributed by atoms with E-state index in [1.807, 2.05) is 18.2 Å². The Morgan fingerprint density at radius 2 is 1.97 bits per heavy atom. The third-order valence-electron chi connectivity index (χ3n) is 5.75. The molecule has 2 aromatic carbocycles. The van der Waals surface area contributed by atoms with E-state index in [1.165, 1.54) is 12.1 Å². The molecule has 4 rings (SSSR count). The van der Waals surface area contributed by atoms with E-state index in [4.69, 9.17) is 16.3 Å². The van der Waals surface area contributed by atoms with Gasteiger partial charge in [0.2, 0.25) is 0 Å². The van der Waals surface area contributed by atoms with Crippen LogP contribution in [0.15, 0.2) is 55.0 Å². The average molecular weight is 499 g/mol. The highest BCUT2D eigenvalue weighted by Gasteiger charge is 2.18. The fraction of sp³-hybridized carbons (Fsp3) is 0.320. The summed E-state index contributed by atoms with van der Waals surface area (Å²) in [5, 5.41) is 7.05. The number of benzene rings is 2. The lowest BCUT2D eigenvalue weighted by atomic mass is 10.1. The number of hydrogen-bond acceptors (Lipinski definition) is 7. The minimum atomic E-state index is -0.595. The van der Waals surface area contributed by atoms with Gasteiger partial charge in [-0.1, -0.05) is 18.2 Å². The fourth-order valence-corrected chi connectivity index (χ4v) is 3.89. The predicted molar refractivity (Wildman–Crippen MR) is 137 cm³/mol. The summed E-state index contributed by atoms with van der Waals surface area (Å²) in [5.41, 5.74) is 2.52. The Kier molecular flexibility index (Phi) is 7.99. The maximum atomic E-state index is 13.5. The van der Waals surface area contributed by atoms with Crippen LogP contribution in [0.2, 0.25) is 5.02 Å². The molecule has 0 spiro atoms. The molecule has 3 aromatic rings. The van der Waals surface area contributed by atoms with Crippen LogP contribution < -0.4 is 20.3 Å². The molecule has 1 aliphatic rings. The highest BCUT2D eigenvalue weighted by Crippen LogP contribution is 2.27. The van der Waals surface area contributed by atoms with E-state index in [0.717, 1.165) is 60.4 Å². The number of amides is 1. The van der Waals surface area contributed by atoms with Gasteiger partial charge in [-0.05, 0) is 37.4 Å². The Bertz CT molecular complexity index is 1220. The number of ether oxygens (including phenoxy) is 1. The van der Waals surface area contributed by atoms with Crippen molar-refractivity contribution in [3.8, 4) is 5.75 Å². The second-order valence-electron chi connectivity index (χ2n) is 8.41. The SMILES string of the molecule is C=C(CCNC(=O)COc1ccc(Cl)c(F)c1)Nc1ccc2ncnc(N3CCN(C)CC3)c2c1. The molecule has 1 aliphatic heterocycles. The van der Waals surface area contributed by atoms with Crippen LogP contribution in [0.25, 0.3) is 10.9 Å². The zero-order valence-electron chi connectivity index (χ0n) is 19.6. The normalized spacial score (nSPS) is 14.1. The minimum Gasteiger partial charge on any atom is -0.484 e. The molecule has 0 saturated carbocycles. The first kappa shape index (κ1) is 24.7. The van der Waals surface area contributed by atoms with Crippen LogP contribution in [0.5, 0.6) is 5.75 Å². The van der Waals surface area contributed by atoms with Crippen molar-refractivity contribution in [2.45, 2.75) is 6.42 Å². The molecular formula is C25H28ClFN6O2. The Morgan fingerprint density at radius 1 is 1.17 bits per heavy atom. The van der Waals surface area contributed by atoms with Gasteiger partial charge in [-0.15, -0.1) is 0 Å². The molecule has 1 amide bonds. The summed E-state index contributed by atoms with van der Waals surface area (Å²) in [4.78, 5) is 25.6. The maximum absolute atomic E-state index is 13.5.